The average molecular weight is 587 g/mol. The first kappa shape index (κ1) is 29.4. The van der Waals surface area contributed by atoms with Gasteiger partial charge in [-0.2, -0.15) is 0 Å². The molecule has 42 heavy (non-hydrogen) atoms. The summed E-state index contributed by atoms with van der Waals surface area (Å²) >= 11 is 1.64. The predicted octanol–water partition coefficient (Wildman–Crippen LogP) is 6.45. The molecule has 0 unspecified atom stereocenters. The number of allylic oxidation sites excluding steroid dienone is 1. The molecule has 3 atom stereocenters. The number of ether oxygens (including phenoxy) is 3. The lowest BCUT2D eigenvalue weighted by atomic mass is 9.80. The number of anilines is 1. The molecule has 0 spiro atoms. The lowest BCUT2D eigenvalue weighted by Crippen LogP contribution is -2.37. The lowest BCUT2D eigenvalue weighted by Gasteiger charge is -2.37. The fraction of sp³-hybridized carbons (Fsp3) is 0.303. The standard InChI is InChI=1S/C33H34N2O6S/c1-4-40-33-25(6-5-17-36)26(21-8-10-23(11-9-21)32(38)39-3)19-28(41-33)30(37)34-24-14-12-22(13-15-24)31-35-27-16-7-20(2)18-29(27)42-31/h7-16,18-19,25-26,33,36H,4-6,17H2,1-3H3,(H,34,37)/t25-,26-,33-/m1/s1. The number of carbonyl (C=O) groups excluding carboxylic acids is 2. The number of benzene rings is 3. The van der Waals surface area contributed by atoms with E-state index in [0.29, 0.717) is 30.7 Å². The van der Waals surface area contributed by atoms with E-state index in [0.717, 1.165) is 26.4 Å². The molecule has 4 aromatic rings. The topological polar surface area (TPSA) is 107 Å². The Labute approximate surface area is 249 Å². The van der Waals surface area contributed by atoms with E-state index in [4.69, 9.17) is 19.2 Å². The fourth-order valence-electron chi connectivity index (χ4n) is 5.15. The number of amides is 1. The van der Waals surface area contributed by atoms with Crippen LogP contribution in [0, 0.1) is 12.8 Å². The molecule has 2 N–H and O–H groups in total. The van der Waals surface area contributed by atoms with E-state index in [1.165, 1.54) is 12.7 Å². The number of thiazole rings is 1. The monoisotopic (exact) mass is 586 g/mol. The Morgan fingerprint density at radius 3 is 2.52 bits per heavy atom. The van der Waals surface area contributed by atoms with Gasteiger partial charge in [0.15, 0.2) is 5.76 Å². The van der Waals surface area contributed by atoms with Crippen LogP contribution in [-0.4, -0.2) is 48.6 Å². The average Bonchev–Trinajstić information content (AvgIpc) is 3.43. The fourth-order valence-corrected chi connectivity index (χ4v) is 6.22. The van der Waals surface area contributed by atoms with Crippen LogP contribution < -0.4 is 5.32 Å². The molecule has 218 valence electrons. The zero-order chi connectivity index (χ0) is 29.6. The zero-order valence-electron chi connectivity index (χ0n) is 23.8. The first-order chi connectivity index (χ1) is 20.4. The maximum Gasteiger partial charge on any atom is 0.337 e. The van der Waals surface area contributed by atoms with E-state index in [9.17, 15) is 14.7 Å². The number of aliphatic hydroxyl groups is 1. The smallest absolute Gasteiger partial charge is 0.337 e. The highest BCUT2D eigenvalue weighted by molar-refractivity contribution is 7.21. The summed E-state index contributed by atoms with van der Waals surface area (Å²) in [7, 11) is 1.34. The zero-order valence-corrected chi connectivity index (χ0v) is 24.6. The summed E-state index contributed by atoms with van der Waals surface area (Å²) in [5.41, 5.74) is 5.10. The lowest BCUT2D eigenvalue weighted by molar-refractivity contribution is -0.165. The van der Waals surface area contributed by atoms with Gasteiger partial charge >= 0.3 is 5.97 Å². The Balaban J connectivity index is 1.38. The normalized spacial score (nSPS) is 18.3. The molecule has 1 amide bonds. The quantitative estimate of drug-likeness (QED) is 0.206. The van der Waals surface area contributed by atoms with Crippen LogP contribution in [0.4, 0.5) is 5.69 Å². The van der Waals surface area contributed by atoms with E-state index < -0.39 is 12.3 Å². The molecule has 0 radical (unpaired) electrons. The van der Waals surface area contributed by atoms with Crippen molar-refractivity contribution in [2.45, 2.75) is 38.9 Å². The molecule has 3 aromatic carbocycles. The number of esters is 1. The van der Waals surface area contributed by atoms with E-state index in [2.05, 4.69) is 24.4 Å². The van der Waals surface area contributed by atoms with Gasteiger partial charge in [0.25, 0.3) is 5.91 Å². The molecule has 0 saturated heterocycles. The summed E-state index contributed by atoms with van der Waals surface area (Å²) in [6, 6.07) is 20.9. The second-order valence-electron chi connectivity index (χ2n) is 10.2. The molecule has 1 aliphatic rings. The highest BCUT2D eigenvalue weighted by atomic mass is 32.1. The summed E-state index contributed by atoms with van der Waals surface area (Å²) in [6.07, 6.45) is 2.31. The van der Waals surface area contributed by atoms with Crippen molar-refractivity contribution >= 4 is 39.1 Å². The molecule has 5 rings (SSSR count). The van der Waals surface area contributed by atoms with Gasteiger partial charge in [-0.3, -0.25) is 4.79 Å². The van der Waals surface area contributed by atoms with E-state index in [1.54, 1.807) is 29.5 Å². The van der Waals surface area contributed by atoms with Crippen LogP contribution in [0.25, 0.3) is 20.8 Å². The Morgan fingerprint density at radius 2 is 1.83 bits per heavy atom. The second-order valence-corrected chi connectivity index (χ2v) is 11.2. The first-order valence-electron chi connectivity index (χ1n) is 14.0. The summed E-state index contributed by atoms with van der Waals surface area (Å²) in [5, 5.41) is 13.4. The summed E-state index contributed by atoms with van der Waals surface area (Å²) < 4.78 is 18.0. The van der Waals surface area contributed by atoms with Crippen molar-refractivity contribution < 1.29 is 28.9 Å². The van der Waals surface area contributed by atoms with Crippen molar-refractivity contribution in [2.75, 3.05) is 25.6 Å². The third kappa shape index (κ3) is 6.54. The number of methoxy groups -OCH3 is 1. The van der Waals surface area contributed by atoms with Gasteiger partial charge in [0.05, 0.1) is 22.9 Å². The Morgan fingerprint density at radius 1 is 1.07 bits per heavy atom. The number of aliphatic hydroxyl groups excluding tert-OH is 1. The molecule has 1 aliphatic heterocycles. The highest BCUT2D eigenvalue weighted by Crippen LogP contribution is 2.40. The van der Waals surface area contributed by atoms with Crippen LogP contribution in [0.1, 0.15) is 47.2 Å². The van der Waals surface area contributed by atoms with Crippen molar-refractivity contribution in [3.05, 3.63) is 95.3 Å². The molecule has 0 saturated carbocycles. The molecule has 2 heterocycles. The van der Waals surface area contributed by atoms with E-state index in [-0.39, 0.29) is 30.1 Å². The van der Waals surface area contributed by atoms with Crippen LogP contribution in [0.5, 0.6) is 0 Å². The molecular formula is C33H34N2O6S. The number of carbonyl (C=O) groups is 2. The van der Waals surface area contributed by atoms with Crippen molar-refractivity contribution in [3.63, 3.8) is 0 Å². The van der Waals surface area contributed by atoms with Crippen LogP contribution >= 0.6 is 11.3 Å². The molecule has 0 aliphatic carbocycles. The van der Waals surface area contributed by atoms with E-state index in [1.807, 2.05) is 49.4 Å². The number of rotatable bonds is 10. The van der Waals surface area contributed by atoms with Gasteiger partial charge in [-0.05, 0) is 92.4 Å². The second kappa shape index (κ2) is 13.3. The molecule has 8 nitrogen and oxygen atoms in total. The van der Waals surface area contributed by atoms with Crippen molar-refractivity contribution in [2.24, 2.45) is 5.92 Å². The largest absolute Gasteiger partial charge is 0.465 e. The summed E-state index contributed by atoms with van der Waals surface area (Å²) in [6.45, 7) is 4.37. The minimum absolute atomic E-state index is 0.0348. The molecule has 0 fully saturated rings. The molecule has 0 bridgehead atoms. The van der Waals surface area contributed by atoms with Crippen LogP contribution in [0.15, 0.2) is 78.6 Å². The predicted molar refractivity (Wildman–Crippen MR) is 163 cm³/mol. The number of aryl methyl sites for hydroxylation is 1. The molecule has 1 aromatic heterocycles. The number of nitrogens with one attached hydrogen (secondary N) is 1. The van der Waals surface area contributed by atoms with E-state index >= 15 is 0 Å². The Kier molecular flexibility index (Phi) is 9.31. The third-order valence-corrected chi connectivity index (χ3v) is 8.35. The van der Waals surface area contributed by atoms with Crippen LogP contribution in [0.2, 0.25) is 0 Å². The van der Waals surface area contributed by atoms with Crippen molar-refractivity contribution in [1.82, 2.24) is 4.98 Å². The van der Waals surface area contributed by atoms with Gasteiger partial charge < -0.3 is 24.6 Å². The number of hydrogen-bond donors (Lipinski definition) is 2. The third-order valence-electron chi connectivity index (χ3n) is 7.29. The molecule has 9 heteroatoms. The summed E-state index contributed by atoms with van der Waals surface area (Å²) in [5.74, 6) is -1.03. The van der Waals surface area contributed by atoms with Gasteiger partial charge in [-0.25, -0.2) is 9.78 Å². The van der Waals surface area contributed by atoms with Crippen molar-refractivity contribution in [1.29, 1.82) is 0 Å². The SMILES string of the molecule is CCO[C@@H]1OC(C(=O)Nc2ccc(-c3nc4ccc(C)cc4s3)cc2)=C[C@H](c2ccc(C(=O)OC)cc2)[C@H]1CCCO. The minimum atomic E-state index is -0.678. The van der Waals surface area contributed by atoms with Gasteiger partial charge in [0.1, 0.15) is 5.01 Å². The van der Waals surface area contributed by atoms with Crippen LogP contribution in [-0.2, 0) is 19.0 Å². The Bertz CT molecular complexity index is 1580. The van der Waals surface area contributed by atoms with Gasteiger partial charge in [0, 0.05) is 36.3 Å². The summed E-state index contributed by atoms with van der Waals surface area (Å²) in [4.78, 5) is 30.1. The van der Waals surface area contributed by atoms with Gasteiger partial charge in [0.2, 0.25) is 6.29 Å². The van der Waals surface area contributed by atoms with Gasteiger partial charge in [-0.15, -0.1) is 11.3 Å². The molecular weight excluding hydrogens is 552 g/mol. The first-order valence-corrected chi connectivity index (χ1v) is 14.8. The van der Waals surface area contributed by atoms with Gasteiger partial charge in [-0.1, -0.05) is 18.2 Å². The minimum Gasteiger partial charge on any atom is -0.465 e. The maximum absolute atomic E-state index is 13.4. The maximum atomic E-state index is 13.4. The highest BCUT2D eigenvalue weighted by Gasteiger charge is 2.38. The number of aromatic nitrogens is 1. The number of hydrogen-bond acceptors (Lipinski definition) is 8. The number of fused-ring (bicyclic) bond motifs is 1. The number of nitrogens with zero attached hydrogens (tertiary/aromatic N) is 1. The van der Waals surface area contributed by atoms with Crippen molar-refractivity contribution in [3.8, 4) is 10.6 Å². The Hall–Kier alpha value is -4.05. The van der Waals surface area contributed by atoms with Crippen LogP contribution in [0.3, 0.4) is 0 Å².